The molecule has 3 rings (SSSR count). The number of benzene rings is 1. The number of carbonyl (C=O) groups excluding carboxylic acids is 1. The zero-order chi connectivity index (χ0) is 16.4. The van der Waals surface area contributed by atoms with Gasteiger partial charge in [-0.15, -0.1) is 0 Å². The van der Waals surface area contributed by atoms with Crippen molar-refractivity contribution < 1.29 is 14.6 Å². The van der Waals surface area contributed by atoms with E-state index in [0.29, 0.717) is 23.6 Å². The smallest absolute Gasteiger partial charge is 0.251 e. The van der Waals surface area contributed by atoms with E-state index in [0.717, 1.165) is 5.39 Å². The van der Waals surface area contributed by atoms with Crippen LogP contribution in [0.1, 0.15) is 24.2 Å². The zero-order valence-corrected chi connectivity index (χ0v) is 13.1. The third kappa shape index (κ3) is 3.57. The van der Waals surface area contributed by atoms with Gasteiger partial charge in [-0.2, -0.15) is 0 Å². The second-order valence-corrected chi connectivity index (χ2v) is 5.95. The molecule has 2 heterocycles. The first-order valence-corrected chi connectivity index (χ1v) is 7.63. The summed E-state index contributed by atoms with van der Waals surface area (Å²) in [5.41, 5.74) is 1.19. The quantitative estimate of drug-likeness (QED) is 0.777. The fraction of sp³-hybridized carbons (Fsp3) is 0.438. The monoisotopic (exact) mass is 316 g/mol. The SMILES string of the molecule is CC(C)Nc1ncc2ccc(C(=O)N[C@@H]3COC[C@H]3O)cc2n1. The Bertz CT molecular complexity index is 720. The number of ether oxygens (including phenoxy) is 1. The van der Waals surface area contributed by atoms with E-state index in [1.165, 1.54) is 0 Å². The largest absolute Gasteiger partial charge is 0.388 e. The van der Waals surface area contributed by atoms with E-state index in [9.17, 15) is 9.90 Å². The van der Waals surface area contributed by atoms with E-state index in [1.807, 2.05) is 19.9 Å². The fourth-order valence-electron chi connectivity index (χ4n) is 2.42. The number of aliphatic hydroxyl groups is 1. The van der Waals surface area contributed by atoms with Crippen LogP contribution in [0, 0.1) is 0 Å². The molecule has 0 spiro atoms. The normalized spacial score (nSPS) is 20.9. The molecule has 0 radical (unpaired) electrons. The topological polar surface area (TPSA) is 96.4 Å². The third-order valence-corrected chi connectivity index (χ3v) is 3.63. The highest BCUT2D eigenvalue weighted by atomic mass is 16.5. The van der Waals surface area contributed by atoms with Crippen molar-refractivity contribution >= 4 is 22.8 Å². The Kier molecular flexibility index (Phi) is 4.40. The summed E-state index contributed by atoms with van der Waals surface area (Å²) in [5.74, 6) is 0.281. The molecule has 1 saturated heterocycles. The first-order valence-electron chi connectivity index (χ1n) is 7.63. The molecule has 1 amide bonds. The molecule has 0 unspecified atom stereocenters. The van der Waals surface area contributed by atoms with Crippen molar-refractivity contribution in [3.63, 3.8) is 0 Å². The van der Waals surface area contributed by atoms with E-state index in [4.69, 9.17) is 4.74 Å². The van der Waals surface area contributed by atoms with Crippen LogP contribution < -0.4 is 10.6 Å². The molecule has 1 aliphatic heterocycles. The number of hydrogen-bond donors (Lipinski definition) is 3. The number of anilines is 1. The predicted octanol–water partition coefficient (Wildman–Crippen LogP) is 0.940. The molecule has 0 aliphatic carbocycles. The van der Waals surface area contributed by atoms with Crippen molar-refractivity contribution in [2.75, 3.05) is 18.5 Å². The van der Waals surface area contributed by atoms with Crippen molar-refractivity contribution in [1.29, 1.82) is 0 Å². The minimum absolute atomic E-state index is 0.225. The molecule has 3 N–H and O–H groups in total. The molecule has 23 heavy (non-hydrogen) atoms. The Labute approximate surface area is 134 Å². The van der Waals surface area contributed by atoms with E-state index in [-0.39, 0.29) is 24.6 Å². The number of rotatable bonds is 4. The van der Waals surface area contributed by atoms with Crippen LogP contribution in [0.3, 0.4) is 0 Å². The Morgan fingerprint density at radius 3 is 2.91 bits per heavy atom. The average molecular weight is 316 g/mol. The van der Waals surface area contributed by atoms with Gasteiger partial charge in [0.15, 0.2) is 0 Å². The van der Waals surface area contributed by atoms with Crippen LogP contribution in [0.15, 0.2) is 24.4 Å². The Hall–Kier alpha value is -2.25. The minimum Gasteiger partial charge on any atom is -0.388 e. The van der Waals surface area contributed by atoms with Crippen LogP contribution in [0.5, 0.6) is 0 Å². The molecule has 1 aromatic carbocycles. The molecule has 1 aromatic heterocycles. The maximum Gasteiger partial charge on any atom is 0.251 e. The lowest BCUT2D eigenvalue weighted by Crippen LogP contribution is -2.42. The van der Waals surface area contributed by atoms with Gasteiger partial charge in [0.1, 0.15) is 0 Å². The van der Waals surface area contributed by atoms with Crippen LogP contribution >= 0.6 is 0 Å². The van der Waals surface area contributed by atoms with Crippen molar-refractivity contribution in [2.45, 2.75) is 32.0 Å². The third-order valence-electron chi connectivity index (χ3n) is 3.63. The van der Waals surface area contributed by atoms with Gasteiger partial charge in [-0.05, 0) is 26.0 Å². The molecule has 0 saturated carbocycles. The number of nitrogens with one attached hydrogen (secondary N) is 2. The summed E-state index contributed by atoms with van der Waals surface area (Å²) in [5, 5.41) is 16.5. The Morgan fingerprint density at radius 1 is 1.39 bits per heavy atom. The number of carbonyl (C=O) groups is 1. The van der Waals surface area contributed by atoms with Crippen molar-refractivity contribution in [3.05, 3.63) is 30.0 Å². The van der Waals surface area contributed by atoms with Gasteiger partial charge in [0.25, 0.3) is 5.91 Å². The average Bonchev–Trinajstić information content (AvgIpc) is 2.91. The predicted molar refractivity (Wildman–Crippen MR) is 86.4 cm³/mol. The molecule has 2 aromatic rings. The summed E-state index contributed by atoms with van der Waals surface area (Å²) in [7, 11) is 0. The highest BCUT2D eigenvalue weighted by Gasteiger charge is 2.27. The fourth-order valence-corrected chi connectivity index (χ4v) is 2.42. The second kappa shape index (κ2) is 6.47. The number of fused-ring (bicyclic) bond motifs is 1. The number of nitrogens with zero attached hydrogens (tertiary/aromatic N) is 2. The maximum atomic E-state index is 12.3. The molecule has 0 bridgehead atoms. The van der Waals surface area contributed by atoms with Gasteiger partial charge in [-0.1, -0.05) is 6.07 Å². The van der Waals surface area contributed by atoms with Gasteiger partial charge in [-0.3, -0.25) is 4.79 Å². The van der Waals surface area contributed by atoms with E-state index in [2.05, 4.69) is 20.6 Å². The summed E-state index contributed by atoms with van der Waals surface area (Å²) >= 11 is 0. The standard InChI is InChI=1S/C16H20N4O3/c1-9(2)18-16-17-6-11-4-3-10(5-12(11)20-16)15(22)19-13-7-23-8-14(13)21/h3-6,9,13-14,21H,7-8H2,1-2H3,(H,19,22)(H,17,18,20)/t13-,14-/m1/s1. The van der Waals surface area contributed by atoms with Crippen LogP contribution in [0.25, 0.3) is 10.9 Å². The van der Waals surface area contributed by atoms with Crippen molar-refractivity contribution in [1.82, 2.24) is 15.3 Å². The molecule has 7 heteroatoms. The van der Waals surface area contributed by atoms with E-state index in [1.54, 1.807) is 18.3 Å². The zero-order valence-electron chi connectivity index (χ0n) is 13.1. The number of hydrogen-bond acceptors (Lipinski definition) is 6. The van der Waals surface area contributed by atoms with Crippen molar-refractivity contribution in [3.8, 4) is 0 Å². The maximum absolute atomic E-state index is 12.3. The first-order chi connectivity index (χ1) is 11.0. The van der Waals surface area contributed by atoms with Crippen LogP contribution in [-0.4, -0.2) is 52.4 Å². The molecule has 1 fully saturated rings. The molecule has 7 nitrogen and oxygen atoms in total. The van der Waals surface area contributed by atoms with E-state index < -0.39 is 6.10 Å². The number of aliphatic hydroxyl groups excluding tert-OH is 1. The molecular formula is C16H20N4O3. The van der Waals surface area contributed by atoms with Crippen LogP contribution in [0.4, 0.5) is 5.95 Å². The number of aromatic nitrogens is 2. The Balaban J connectivity index is 1.81. The lowest BCUT2D eigenvalue weighted by Gasteiger charge is -2.14. The van der Waals surface area contributed by atoms with Gasteiger partial charge in [0, 0.05) is 23.2 Å². The molecule has 2 atom stereocenters. The molecule has 1 aliphatic rings. The van der Waals surface area contributed by atoms with Gasteiger partial charge in [0.2, 0.25) is 5.95 Å². The lowest BCUT2D eigenvalue weighted by atomic mass is 10.1. The highest BCUT2D eigenvalue weighted by molar-refractivity contribution is 5.98. The summed E-state index contributed by atoms with van der Waals surface area (Å²) in [4.78, 5) is 21.0. The van der Waals surface area contributed by atoms with E-state index >= 15 is 0 Å². The summed E-state index contributed by atoms with van der Waals surface area (Å²) < 4.78 is 5.14. The highest BCUT2D eigenvalue weighted by Crippen LogP contribution is 2.16. The number of amides is 1. The van der Waals surface area contributed by atoms with Gasteiger partial charge in [-0.25, -0.2) is 9.97 Å². The first kappa shape index (κ1) is 15.6. The Morgan fingerprint density at radius 2 is 2.22 bits per heavy atom. The molecular weight excluding hydrogens is 296 g/mol. The van der Waals surface area contributed by atoms with Gasteiger partial charge < -0.3 is 20.5 Å². The molecule has 122 valence electrons. The van der Waals surface area contributed by atoms with Gasteiger partial charge >= 0.3 is 0 Å². The van der Waals surface area contributed by atoms with Gasteiger partial charge in [0.05, 0.1) is 30.9 Å². The summed E-state index contributed by atoms with van der Waals surface area (Å²) in [6.45, 7) is 4.59. The lowest BCUT2D eigenvalue weighted by molar-refractivity contribution is 0.0886. The van der Waals surface area contributed by atoms with Crippen LogP contribution in [-0.2, 0) is 4.74 Å². The summed E-state index contributed by atoms with van der Waals surface area (Å²) in [6, 6.07) is 5.11. The van der Waals surface area contributed by atoms with Crippen LogP contribution in [0.2, 0.25) is 0 Å². The summed E-state index contributed by atoms with van der Waals surface area (Å²) in [6.07, 6.45) is 1.06. The van der Waals surface area contributed by atoms with Crippen molar-refractivity contribution in [2.24, 2.45) is 0 Å². The second-order valence-electron chi connectivity index (χ2n) is 5.95. The minimum atomic E-state index is -0.663.